The van der Waals surface area contributed by atoms with Gasteiger partial charge in [0.15, 0.2) is 0 Å². The van der Waals surface area contributed by atoms with Crippen LogP contribution in [-0.2, 0) is 18.4 Å². The van der Waals surface area contributed by atoms with Gasteiger partial charge in [-0.3, -0.25) is 13.8 Å². The van der Waals surface area contributed by atoms with Crippen LogP contribution in [0.5, 0.6) is 0 Å². The molecule has 0 spiro atoms. The summed E-state index contributed by atoms with van der Waals surface area (Å²) in [4.78, 5) is 23.2. The standard InChI is InChI=1S/C54H101N2O6P/c1-6-8-10-12-14-16-18-20-22-23-24-25-26-27-28-29-30-31-32-34-35-37-39-41-43-45-47-53(57)52(51-62-63(59,60)61-50-49-56(3,4)5)55-54(58)48-46-44-42-40-38-36-33-21-19-17-15-13-11-9-7-2/h9,11,15,17,21,33,38,40,44,46,52-53,57H,6-8,10,12-14,16,18-20,22-32,34-37,39,41-43,45,47-51H2,1-5H3,(H-,55,58,59,60)/p+1/b11-9-,17-15-,33-21-,40-38-,46-44-. The van der Waals surface area contributed by atoms with Gasteiger partial charge in [0.2, 0.25) is 5.91 Å². The van der Waals surface area contributed by atoms with Gasteiger partial charge in [-0.05, 0) is 38.5 Å². The molecule has 0 saturated carbocycles. The first-order valence-corrected chi connectivity index (χ1v) is 27.6. The fraction of sp³-hybridized carbons (Fsp3) is 0.796. The van der Waals surface area contributed by atoms with Crippen molar-refractivity contribution in [2.75, 3.05) is 40.9 Å². The normalized spacial score (nSPS) is 14.6. The lowest BCUT2D eigenvalue weighted by molar-refractivity contribution is -0.870. The van der Waals surface area contributed by atoms with Crippen molar-refractivity contribution in [1.29, 1.82) is 0 Å². The predicted octanol–water partition coefficient (Wildman–Crippen LogP) is 15.4. The van der Waals surface area contributed by atoms with Gasteiger partial charge >= 0.3 is 7.82 Å². The highest BCUT2D eigenvalue weighted by molar-refractivity contribution is 7.47. The number of nitrogens with one attached hydrogen (secondary N) is 1. The molecule has 3 N–H and O–H groups in total. The van der Waals surface area contributed by atoms with E-state index in [9.17, 15) is 19.4 Å². The van der Waals surface area contributed by atoms with Crippen molar-refractivity contribution in [3.05, 3.63) is 60.8 Å². The van der Waals surface area contributed by atoms with Crippen molar-refractivity contribution in [2.45, 2.75) is 238 Å². The van der Waals surface area contributed by atoms with Crippen molar-refractivity contribution >= 4 is 13.7 Å². The van der Waals surface area contributed by atoms with Crippen LogP contribution in [0.25, 0.3) is 0 Å². The number of carbonyl (C=O) groups is 1. The summed E-state index contributed by atoms with van der Waals surface area (Å²) in [6.07, 6.45) is 60.2. The lowest BCUT2D eigenvalue weighted by Crippen LogP contribution is -2.46. The van der Waals surface area contributed by atoms with E-state index in [4.69, 9.17) is 9.05 Å². The molecule has 0 rings (SSSR count). The predicted molar refractivity (Wildman–Crippen MR) is 272 cm³/mol. The number of phosphoric acid groups is 1. The number of amides is 1. The molecule has 0 saturated heterocycles. The number of allylic oxidation sites excluding steroid dienone is 9. The summed E-state index contributed by atoms with van der Waals surface area (Å²) in [5.41, 5.74) is 0. The highest BCUT2D eigenvalue weighted by Gasteiger charge is 2.28. The summed E-state index contributed by atoms with van der Waals surface area (Å²) in [7, 11) is 1.56. The summed E-state index contributed by atoms with van der Waals surface area (Å²) >= 11 is 0. The van der Waals surface area contributed by atoms with E-state index in [2.05, 4.69) is 67.8 Å². The summed E-state index contributed by atoms with van der Waals surface area (Å²) in [6, 6.07) is -0.818. The molecule has 63 heavy (non-hydrogen) atoms. The van der Waals surface area contributed by atoms with Gasteiger partial charge in [0, 0.05) is 6.42 Å². The second-order valence-corrected chi connectivity index (χ2v) is 20.3. The highest BCUT2D eigenvalue weighted by atomic mass is 31.2. The first-order valence-electron chi connectivity index (χ1n) is 26.2. The summed E-state index contributed by atoms with van der Waals surface area (Å²) in [5, 5.41) is 13.9. The number of rotatable bonds is 47. The maximum Gasteiger partial charge on any atom is 0.472 e. The van der Waals surface area contributed by atoms with Crippen LogP contribution in [0.15, 0.2) is 60.8 Å². The number of aliphatic hydroxyl groups is 1. The summed E-state index contributed by atoms with van der Waals surface area (Å²) < 4.78 is 23.6. The van der Waals surface area contributed by atoms with Gasteiger partial charge in [0.25, 0.3) is 0 Å². The molecule has 9 heteroatoms. The van der Waals surface area contributed by atoms with Gasteiger partial charge in [0.1, 0.15) is 13.2 Å². The first-order chi connectivity index (χ1) is 30.5. The number of quaternary nitrogens is 1. The molecule has 0 heterocycles. The number of carbonyl (C=O) groups excluding carboxylic acids is 1. The molecule has 8 nitrogen and oxygen atoms in total. The maximum atomic E-state index is 12.9. The number of aliphatic hydroxyl groups excluding tert-OH is 1. The lowest BCUT2D eigenvalue weighted by Gasteiger charge is -2.26. The monoisotopic (exact) mass is 906 g/mol. The van der Waals surface area contributed by atoms with Gasteiger partial charge in [-0.1, -0.05) is 242 Å². The number of hydrogen-bond acceptors (Lipinski definition) is 5. The third-order valence-electron chi connectivity index (χ3n) is 11.6. The van der Waals surface area contributed by atoms with E-state index in [1.807, 2.05) is 33.3 Å². The molecule has 0 aromatic rings. The fourth-order valence-electron chi connectivity index (χ4n) is 7.47. The maximum absolute atomic E-state index is 12.9. The quantitative estimate of drug-likeness (QED) is 0.0243. The van der Waals surface area contributed by atoms with E-state index in [1.165, 1.54) is 148 Å². The van der Waals surface area contributed by atoms with Gasteiger partial charge in [-0.2, -0.15) is 0 Å². The third kappa shape index (κ3) is 48.0. The van der Waals surface area contributed by atoms with E-state index >= 15 is 0 Å². The van der Waals surface area contributed by atoms with E-state index < -0.39 is 20.0 Å². The molecular weight excluding hydrogens is 804 g/mol. The second-order valence-electron chi connectivity index (χ2n) is 18.9. The van der Waals surface area contributed by atoms with Crippen LogP contribution in [0.2, 0.25) is 0 Å². The number of phosphoric ester groups is 1. The molecule has 368 valence electrons. The molecule has 0 aliphatic carbocycles. The van der Waals surface area contributed by atoms with E-state index in [0.29, 0.717) is 17.4 Å². The molecule has 3 atom stereocenters. The van der Waals surface area contributed by atoms with E-state index in [-0.39, 0.29) is 25.5 Å². The average Bonchev–Trinajstić information content (AvgIpc) is 3.24. The Morgan fingerprint density at radius 2 is 0.889 bits per heavy atom. The van der Waals surface area contributed by atoms with E-state index in [1.54, 1.807) is 0 Å². The van der Waals surface area contributed by atoms with Crippen LogP contribution < -0.4 is 5.32 Å². The van der Waals surface area contributed by atoms with Crippen molar-refractivity contribution < 1.29 is 32.9 Å². The zero-order valence-electron chi connectivity index (χ0n) is 41.8. The Bertz CT molecular complexity index is 1210. The molecule has 1 amide bonds. The van der Waals surface area contributed by atoms with Crippen LogP contribution in [0, 0.1) is 0 Å². The molecular formula is C54H102N2O6P+. The second kappa shape index (κ2) is 45.4. The molecule has 0 aliphatic rings. The van der Waals surface area contributed by atoms with Gasteiger partial charge in [0.05, 0.1) is 39.9 Å². The Hall–Kier alpha value is -1.80. The highest BCUT2D eigenvalue weighted by Crippen LogP contribution is 2.43. The molecule has 3 unspecified atom stereocenters. The summed E-state index contributed by atoms with van der Waals surface area (Å²) in [5.74, 6) is -0.271. The lowest BCUT2D eigenvalue weighted by atomic mass is 10.0. The van der Waals surface area contributed by atoms with E-state index in [0.717, 1.165) is 51.4 Å². The fourth-order valence-corrected chi connectivity index (χ4v) is 8.20. The molecule has 0 radical (unpaired) electrons. The number of hydrogen-bond donors (Lipinski definition) is 3. The van der Waals surface area contributed by atoms with Crippen molar-refractivity contribution in [2.24, 2.45) is 0 Å². The van der Waals surface area contributed by atoms with Crippen molar-refractivity contribution in [1.82, 2.24) is 5.32 Å². The number of likely N-dealkylation sites (N-methyl/N-ethyl adjacent to an activating group) is 1. The van der Waals surface area contributed by atoms with Crippen LogP contribution in [-0.4, -0.2) is 73.4 Å². The minimum Gasteiger partial charge on any atom is -0.391 e. The Kier molecular flexibility index (Phi) is 44.1. The summed E-state index contributed by atoms with van der Waals surface area (Å²) in [6.45, 7) is 4.71. The Morgan fingerprint density at radius 1 is 0.540 bits per heavy atom. The topological polar surface area (TPSA) is 105 Å². The zero-order valence-corrected chi connectivity index (χ0v) is 42.7. The van der Waals surface area contributed by atoms with Crippen molar-refractivity contribution in [3.8, 4) is 0 Å². The molecule has 0 fully saturated rings. The number of nitrogens with zero attached hydrogens (tertiary/aromatic N) is 1. The zero-order chi connectivity index (χ0) is 46.4. The molecule has 0 aromatic carbocycles. The SMILES string of the molecule is CC/C=C\C/C=C\C/C=C\C/C=C\C/C=C\CC(=O)NC(COP(=O)(O)OCC[N+](C)(C)C)C(O)CCCCCCCCCCCCCCCCCCCCCCCCCCCC. The minimum atomic E-state index is -4.35. The first kappa shape index (κ1) is 61.2. The molecule has 0 aliphatic heterocycles. The smallest absolute Gasteiger partial charge is 0.391 e. The van der Waals surface area contributed by atoms with Gasteiger partial charge in [-0.25, -0.2) is 4.57 Å². The minimum absolute atomic E-state index is 0.0561. The average molecular weight is 906 g/mol. The Labute approximate surface area is 390 Å². The van der Waals surface area contributed by atoms with Crippen molar-refractivity contribution in [3.63, 3.8) is 0 Å². The van der Waals surface area contributed by atoms with Crippen LogP contribution >= 0.6 is 7.82 Å². The van der Waals surface area contributed by atoms with Crippen LogP contribution in [0.4, 0.5) is 0 Å². The van der Waals surface area contributed by atoms with Gasteiger partial charge < -0.3 is 19.8 Å². The van der Waals surface area contributed by atoms with Gasteiger partial charge in [-0.15, -0.1) is 0 Å². The number of unbranched alkanes of at least 4 members (excludes halogenated alkanes) is 25. The van der Waals surface area contributed by atoms with Crippen LogP contribution in [0.3, 0.4) is 0 Å². The molecule has 0 aromatic heterocycles. The third-order valence-corrected chi connectivity index (χ3v) is 12.5. The van der Waals surface area contributed by atoms with Crippen LogP contribution in [0.1, 0.15) is 226 Å². The largest absolute Gasteiger partial charge is 0.472 e. The molecule has 0 bridgehead atoms. The Balaban J connectivity index is 4.25. The Morgan fingerprint density at radius 3 is 1.25 bits per heavy atom.